The largest absolute Gasteiger partial charge is 0.445 e. The molecular formula is C20H24N4O6S2. The Morgan fingerprint density at radius 3 is 2.69 bits per heavy atom. The zero-order valence-electron chi connectivity index (χ0n) is 17.5. The van der Waals surface area contributed by atoms with E-state index in [9.17, 15) is 24.5 Å². The molecule has 1 fully saturated rings. The van der Waals surface area contributed by atoms with Crippen LogP contribution in [0.5, 0.6) is 0 Å². The van der Waals surface area contributed by atoms with E-state index in [1.165, 1.54) is 54.7 Å². The lowest BCUT2D eigenvalue weighted by Crippen LogP contribution is -2.37. The molecule has 1 aromatic carbocycles. The number of nitrogens with zero attached hydrogens (tertiary/aromatic N) is 3. The summed E-state index contributed by atoms with van der Waals surface area (Å²) in [5.74, 6) is 0.937. The summed E-state index contributed by atoms with van der Waals surface area (Å²) in [6.45, 7) is 1.84. The first kappa shape index (κ1) is 25.5. The molecule has 1 saturated heterocycles. The summed E-state index contributed by atoms with van der Waals surface area (Å²) in [6, 6.07) is 7.49. The molecule has 2 unspecified atom stereocenters. The first-order valence-electron chi connectivity index (χ1n) is 9.85. The van der Waals surface area contributed by atoms with Crippen molar-refractivity contribution < 1.29 is 24.0 Å². The summed E-state index contributed by atoms with van der Waals surface area (Å²) < 4.78 is 5.40. The minimum Gasteiger partial charge on any atom is -0.445 e. The molecule has 2 amide bonds. The normalized spacial score (nSPS) is 17.4. The van der Waals surface area contributed by atoms with Crippen molar-refractivity contribution >= 4 is 46.3 Å². The number of nitro benzene ring substituents is 1. The second-order valence-corrected chi connectivity index (χ2v) is 9.64. The molecule has 0 saturated carbocycles. The molecule has 1 aliphatic heterocycles. The van der Waals surface area contributed by atoms with Crippen LogP contribution in [-0.4, -0.2) is 62.8 Å². The monoisotopic (exact) mass is 480 g/mol. The summed E-state index contributed by atoms with van der Waals surface area (Å²) in [4.78, 5) is 47.6. The Labute approximate surface area is 194 Å². The third-order valence-corrected chi connectivity index (χ3v) is 6.72. The lowest BCUT2D eigenvalue weighted by Gasteiger charge is -2.23. The number of non-ortho nitro benzene ring substituents is 1. The van der Waals surface area contributed by atoms with Gasteiger partial charge < -0.3 is 15.0 Å². The number of nitriles is 1. The van der Waals surface area contributed by atoms with Crippen molar-refractivity contribution in [3.63, 3.8) is 0 Å². The molecule has 1 heterocycles. The summed E-state index contributed by atoms with van der Waals surface area (Å²) in [6.07, 6.45) is 0.409. The summed E-state index contributed by atoms with van der Waals surface area (Å²) >= 11 is 2.72. The average molecular weight is 481 g/mol. The van der Waals surface area contributed by atoms with Crippen LogP contribution in [0.1, 0.15) is 25.3 Å². The number of ether oxygens (including phenoxy) is 1. The molecule has 0 aliphatic carbocycles. The van der Waals surface area contributed by atoms with Gasteiger partial charge in [0, 0.05) is 54.8 Å². The third-order valence-electron chi connectivity index (χ3n) is 4.60. The Balaban J connectivity index is 1.88. The van der Waals surface area contributed by atoms with Gasteiger partial charge in [-0.1, -0.05) is 11.8 Å². The smallest absolute Gasteiger partial charge is 0.410 e. The SMILES string of the molecule is CC(=O)SC1CC(CSCCC(=O)NCC#N)N(C(=O)OCc2ccc([N+](=O)[O-])cc2)C1. The van der Waals surface area contributed by atoms with Crippen molar-refractivity contribution in [3.8, 4) is 6.07 Å². The van der Waals surface area contributed by atoms with E-state index in [0.717, 1.165) is 0 Å². The van der Waals surface area contributed by atoms with E-state index in [0.29, 0.717) is 30.0 Å². The molecule has 172 valence electrons. The van der Waals surface area contributed by atoms with Gasteiger partial charge in [0.15, 0.2) is 5.12 Å². The Morgan fingerprint density at radius 2 is 2.06 bits per heavy atom. The predicted octanol–water partition coefficient (Wildman–Crippen LogP) is 2.72. The maximum absolute atomic E-state index is 12.7. The molecule has 0 aromatic heterocycles. The van der Waals surface area contributed by atoms with E-state index in [2.05, 4.69) is 5.32 Å². The van der Waals surface area contributed by atoms with E-state index >= 15 is 0 Å². The number of amides is 2. The standard InChI is InChI=1S/C20H24N4O6S2/c1-14(25)32-18-10-17(13-31-9-6-19(26)22-8-7-21)23(11-18)20(27)30-12-15-2-4-16(5-3-15)24(28)29/h2-5,17-18H,6,8-13H2,1H3,(H,22,26). The van der Waals surface area contributed by atoms with E-state index < -0.39 is 11.0 Å². The molecule has 2 atom stereocenters. The number of nitro groups is 1. The Morgan fingerprint density at radius 1 is 1.34 bits per heavy atom. The number of rotatable bonds is 10. The number of hydrogen-bond acceptors (Lipinski definition) is 9. The average Bonchev–Trinajstić information content (AvgIpc) is 3.15. The number of carbonyl (C=O) groups is 3. The maximum atomic E-state index is 12.7. The van der Waals surface area contributed by atoms with E-state index in [4.69, 9.17) is 10.00 Å². The van der Waals surface area contributed by atoms with Crippen LogP contribution in [0.15, 0.2) is 24.3 Å². The van der Waals surface area contributed by atoms with Crippen molar-refractivity contribution in [2.75, 3.05) is 24.6 Å². The van der Waals surface area contributed by atoms with Crippen molar-refractivity contribution in [1.29, 1.82) is 5.26 Å². The fourth-order valence-electron chi connectivity index (χ4n) is 3.13. The van der Waals surface area contributed by atoms with Crippen LogP contribution in [0.2, 0.25) is 0 Å². The van der Waals surface area contributed by atoms with Gasteiger partial charge in [-0.3, -0.25) is 19.7 Å². The highest BCUT2D eigenvalue weighted by Gasteiger charge is 2.37. The van der Waals surface area contributed by atoms with Gasteiger partial charge in [0.05, 0.1) is 11.0 Å². The van der Waals surface area contributed by atoms with Gasteiger partial charge >= 0.3 is 6.09 Å². The zero-order chi connectivity index (χ0) is 23.5. The Bertz CT molecular complexity index is 874. The molecule has 32 heavy (non-hydrogen) atoms. The third kappa shape index (κ3) is 8.39. The van der Waals surface area contributed by atoms with E-state index in [-0.39, 0.29) is 47.6 Å². The van der Waals surface area contributed by atoms with Gasteiger partial charge in [-0.05, 0) is 24.1 Å². The van der Waals surface area contributed by atoms with E-state index in [1.54, 1.807) is 4.90 Å². The topological polar surface area (TPSA) is 143 Å². The number of carbonyl (C=O) groups excluding carboxylic acids is 3. The molecule has 2 rings (SSSR count). The quantitative estimate of drug-likeness (QED) is 0.231. The second kappa shape index (κ2) is 12.9. The predicted molar refractivity (Wildman–Crippen MR) is 121 cm³/mol. The van der Waals surface area contributed by atoms with Crippen molar-refractivity contribution in [2.45, 2.75) is 37.7 Å². The molecule has 0 bridgehead atoms. The number of nitrogens with one attached hydrogen (secondary N) is 1. The molecule has 1 aliphatic rings. The summed E-state index contributed by atoms with van der Waals surface area (Å²) in [5, 5.41) is 21.7. The molecule has 0 spiro atoms. The number of benzene rings is 1. The van der Waals surface area contributed by atoms with Gasteiger partial charge in [-0.2, -0.15) is 17.0 Å². The van der Waals surface area contributed by atoms with Gasteiger partial charge in [-0.25, -0.2) is 4.79 Å². The highest BCUT2D eigenvalue weighted by atomic mass is 32.2. The highest BCUT2D eigenvalue weighted by Crippen LogP contribution is 2.30. The Hall–Kier alpha value is -2.78. The van der Waals surface area contributed by atoms with Crippen LogP contribution < -0.4 is 5.32 Å². The van der Waals surface area contributed by atoms with Crippen LogP contribution in [0.3, 0.4) is 0 Å². The van der Waals surface area contributed by atoms with Crippen LogP contribution in [0.4, 0.5) is 10.5 Å². The van der Waals surface area contributed by atoms with Gasteiger partial charge in [0.25, 0.3) is 5.69 Å². The van der Waals surface area contributed by atoms with Gasteiger partial charge in [0.1, 0.15) is 13.2 Å². The molecule has 0 radical (unpaired) electrons. The highest BCUT2D eigenvalue weighted by molar-refractivity contribution is 8.14. The minimum atomic E-state index is -0.507. The molecule has 10 nitrogen and oxygen atoms in total. The van der Waals surface area contributed by atoms with Gasteiger partial charge in [0.2, 0.25) is 5.91 Å². The minimum absolute atomic E-state index is 0.0170. The molecule has 12 heteroatoms. The fraction of sp³-hybridized carbons (Fsp3) is 0.500. The molecule has 1 aromatic rings. The number of hydrogen-bond donors (Lipinski definition) is 1. The maximum Gasteiger partial charge on any atom is 0.410 e. The number of thioether (sulfide) groups is 2. The lowest BCUT2D eigenvalue weighted by molar-refractivity contribution is -0.384. The molecular weight excluding hydrogens is 456 g/mol. The van der Waals surface area contributed by atoms with Gasteiger partial charge in [-0.15, -0.1) is 0 Å². The fourth-order valence-corrected chi connectivity index (χ4v) is 5.24. The van der Waals surface area contributed by atoms with E-state index in [1.807, 2.05) is 6.07 Å². The lowest BCUT2D eigenvalue weighted by atomic mass is 10.2. The van der Waals surface area contributed by atoms with Crippen molar-refractivity contribution in [2.24, 2.45) is 0 Å². The van der Waals surface area contributed by atoms with Crippen LogP contribution in [-0.2, 0) is 20.9 Å². The Kier molecular flexibility index (Phi) is 10.3. The summed E-state index contributed by atoms with van der Waals surface area (Å²) in [7, 11) is 0. The first-order chi connectivity index (χ1) is 15.3. The van der Waals surface area contributed by atoms with Crippen LogP contribution in [0, 0.1) is 21.4 Å². The number of likely N-dealkylation sites (tertiary alicyclic amines) is 1. The first-order valence-corrected chi connectivity index (χ1v) is 11.9. The van der Waals surface area contributed by atoms with Crippen molar-refractivity contribution in [1.82, 2.24) is 10.2 Å². The zero-order valence-corrected chi connectivity index (χ0v) is 19.2. The van der Waals surface area contributed by atoms with Crippen LogP contribution in [0.25, 0.3) is 0 Å². The second-order valence-electron chi connectivity index (χ2n) is 7.01. The molecule has 1 N–H and O–H groups in total. The van der Waals surface area contributed by atoms with Crippen LogP contribution >= 0.6 is 23.5 Å². The van der Waals surface area contributed by atoms with Crippen molar-refractivity contribution in [3.05, 3.63) is 39.9 Å². The summed E-state index contributed by atoms with van der Waals surface area (Å²) in [5.41, 5.74) is 0.592.